The van der Waals surface area contributed by atoms with Gasteiger partial charge in [-0.25, -0.2) is 4.39 Å². The average Bonchev–Trinajstić information content (AvgIpc) is 2.34. The molecular weight excluding hydrogens is 273 g/mol. The molecule has 3 heteroatoms. The summed E-state index contributed by atoms with van der Waals surface area (Å²) in [7, 11) is 0. The number of halogens is 2. The van der Waals surface area contributed by atoms with Crippen molar-refractivity contribution in [1.82, 2.24) is 5.32 Å². The van der Waals surface area contributed by atoms with Gasteiger partial charge in [0.25, 0.3) is 0 Å². The lowest BCUT2D eigenvalue weighted by Gasteiger charge is -2.31. The maximum atomic E-state index is 13.5. The SMILES string of the molecule is CCNC(Cc1cccc(F)c1Cl)CC(C)C(C)(C)C. The summed E-state index contributed by atoms with van der Waals surface area (Å²) >= 11 is 6.06. The Morgan fingerprint density at radius 1 is 1.30 bits per heavy atom. The van der Waals surface area contributed by atoms with E-state index < -0.39 is 0 Å². The van der Waals surface area contributed by atoms with Gasteiger partial charge in [0.2, 0.25) is 0 Å². The van der Waals surface area contributed by atoms with Crippen LogP contribution in [0.3, 0.4) is 0 Å². The smallest absolute Gasteiger partial charge is 0.142 e. The predicted octanol–water partition coefficient (Wildman–Crippen LogP) is 5.07. The third-order valence-electron chi connectivity index (χ3n) is 4.11. The number of rotatable bonds is 6. The first-order valence-corrected chi connectivity index (χ1v) is 7.79. The number of nitrogens with one attached hydrogen (secondary N) is 1. The first-order valence-electron chi connectivity index (χ1n) is 7.42. The first kappa shape index (κ1) is 17.5. The Bertz CT molecular complexity index is 425. The Kier molecular flexibility index (Phi) is 6.47. The summed E-state index contributed by atoms with van der Waals surface area (Å²) in [6, 6.07) is 5.38. The monoisotopic (exact) mass is 299 g/mol. The van der Waals surface area contributed by atoms with Gasteiger partial charge in [-0.2, -0.15) is 0 Å². The number of benzene rings is 1. The highest BCUT2D eigenvalue weighted by Crippen LogP contribution is 2.30. The van der Waals surface area contributed by atoms with Crippen LogP contribution in [0.15, 0.2) is 18.2 Å². The average molecular weight is 300 g/mol. The fraction of sp³-hybridized carbons (Fsp3) is 0.647. The Morgan fingerprint density at radius 3 is 2.50 bits per heavy atom. The molecule has 1 aromatic rings. The second-order valence-electron chi connectivity index (χ2n) is 6.67. The van der Waals surface area contributed by atoms with Gasteiger partial charge in [0.1, 0.15) is 5.82 Å². The van der Waals surface area contributed by atoms with Crippen LogP contribution >= 0.6 is 11.6 Å². The van der Waals surface area contributed by atoms with Gasteiger partial charge in [0.15, 0.2) is 0 Å². The minimum Gasteiger partial charge on any atom is -0.314 e. The molecule has 0 aliphatic rings. The van der Waals surface area contributed by atoms with E-state index in [-0.39, 0.29) is 16.3 Å². The van der Waals surface area contributed by atoms with E-state index in [4.69, 9.17) is 11.6 Å². The van der Waals surface area contributed by atoms with Crippen LogP contribution in [-0.2, 0) is 6.42 Å². The summed E-state index contributed by atoms with van der Waals surface area (Å²) in [5.41, 5.74) is 1.16. The van der Waals surface area contributed by atoms with Crippen LogP contribution in [0.1, 0.15) is 46.6 Å². The van der Waals surface area contributed by atoms with Crippen molar-refractivity contribution in [1.29, 1.82) is 0 Å². The summed E-state index contributed by atoms with van der Waals surface area (Å²) in [4.78, 5) is 0. The molecule has 1 nitrogen and oxygen atoms in total. The molecule has 0 fully saturated rings. The lowest BCUT2D eigenvalue weighted by molar-refractivity contribution is 0.222. The van der Waals surface area contributed by atoms with Crippen LogP contribution in [0, 0.1) is 17.2 Å². The largest absolute Gasteiger partial charge is 0.314 e. The van der Waals surface area contributed by atoms with Crippen molar-refractivity contribution in [2.75, 3.05) is 6.54 Å². The molecule has 0 bridgehead atoms. The van der Waals surface area contributed by atoms with E-state index in [2.05, 4.69) is 39.9 Å². The molecule has 0 amide bonds. The standard InChI is InChI=1S/C17H27ClFN/c1-6-20-14(10-12(2)17(3,4)5)11-13-8-7-9-15(19)16(13)18/h7-9,12,14,20H,6,10-11H2,1-5H3. The minimum atomic E-state index is -0.330. The number of hydrogen-bond donors (Lipinski definition) is 1. The highest BCUT2D eigenvalue weighted by atomic mass is 35.5. The van der Waals surface area contributed by atoms with Gasteiger partial charge >= 0.3 is 0 Å². The molecule has 1 N–H and O–H groups in total. The van der Waals surface area contributed by atoms with E-state index in [9.17, 15) is 4.39 Å². The number of likely N-dealkylation sites (N-methyl/N-ethyl adjacent to an activating group) is 1. The molecule has 0 heterocycles. The molecule has 20 heavy (non-hydrogen) atoms. The Morgan fingerprint density at radius 2 is 1.95 bits per heavy atom. The second kappa shape index (κ2) is 7.42. The van der Waals surface area contributed by atoms with Gasteiger partial charge in [-0.05, 0) is 42.3 Å². The lowest BCUT2D eigenvalue weighted by atomic mass is 9.78. The van der Waals surface area contributed by atoms with E-state index in [0.717, 1.165) is 24.9 Å². The third-order valence-corrected chi connectivity index (χ3v) is 4.53. The van der Waals surface area contributed by atoms with Crippen LogP contribution in [0.2, 0.25) is 5.02 Å². The highest BCUT2D eigenvalue weighted by molar-refractivity contribution is 6.31. The van der Waals surface area contributed by atoms with Gasteiger partial charge in [-0.3, -0.25) is 0 Å². The quantitative estimate of drug-likeness (QED) is 0.773. The van der Waals surface area contributed by atoms with Crippen molar-refractivity contribution in [2.45, 2.75) is 53.5 Å². The zero-order valence-corrected chi connectivity index (χ0v) is 14.0. The molecule has 0 saturated carbocycles. The second-order valence-corrected chi connectivity index (χ2v) is 7.05. The Labute approximate surface area is 127 Å². The Hall–Kier alpha value is -0.600. The van der Waals surface area contributed by atoms with Crippen LogP contribution in [0.25, 0.3) is 0 Å². The third kappa shape index (κ3) is 5.06. The van der Waals surface area contributed by atoms with Crippen molar-refractivity contribution in [2.24, 2.45) is 11.3 Å². The molecule has 0 saturated heterocycles. The molecule has 0 spiro atoms. The van der Waals surface area contributed by atoms with Gasteiger partial charge in [0.05, 0.1) is 5.02 Å². The van der Waals surface area contributed by atoms with E-state index >= 15 is 0 Å². The molecular formula is C17H27ClFN. The van der Waals surface area contributed by atoms with Crippen LogP contribution in [0.4, 0.5) is 4.39 Å². The van der Waals surface area contributed by atoms with Crippen LogP contribution in [-0.4, -0.2) is 12.6 Å². The van der Waals surface area contributed by atoms with E-state index in [1.165, 1.54) is 6.07 Å². The summed E-state index contributed by atoms with van der Waals surface area (Å²) in [6.07, 6.45) is 1.83. The van der Waals surface area contributed by atoms with Crippen molar-refractivity contribution < 1.29 is 4.39 Å². The van der Waals surface area contributed by atoms with E-state index in [0.29, 0.717) is 12.0 Å². The fourth-order valence-electron chi connectivity index (χ4n) is 2.28. The molecule has 1 rings (SSSR count). The maximum Gasteiger partial charge on any atom is 0.142 e. The predicted molar refractivity (Wildman–Crippen MR) is 85.8 cm³/mol. The molecule has 2 unspecified atom stereocenters. The van der Waals surface area contributed by atoms with Crippen molar-refractivity contribution in [3.05, 3.63) is 34.6 Å². The molecule has 0 aliphatic carbocycles. The highest BCUT2D eigenvalue weighted by Gasteiger charge is 2.24. The van der Waals surface area contributed by atoms with Crippen molar-refractivity contribution in [3.8, 4) is 0 Å². The lowest BCUT2D eigenvalue weighted by Crippen LogP contribution is -2.35. The van der Waals surface area contributed by atoms with Crippen LogP contribution in [0.5, 0.6) is 0 Å². The minimum absolute atomic E-state index is 0.263. The molecule has 2 atom stereocenters. The van der Waals surface area contributed by atoms with Crippen molar-refractivity contribution >= 4 is 11.6 Å². The van der Waals surface area contributed by atoms with Gasteiger partial charge in [-0.15, -0.1) is 0 Å². The summed E-state index contributed by atoms with van der Waals surface area (Å²) in [5, 5.41) is 3.76. The van der Waals surface area contributed by atoms with Crippen LogP contribution < -0.4 is 5.32 Å². The van der Waals surface area contributed by atoms with E-state index in [1.807, 2.05) is 6.07 Å². The number of hydrogen-bond acceptors (Lipinski definition) is 1. The van der Waals surface area contributed by atoms with Gasteiger partial charge in [-0.1, -0.05) is 58.4 Å². The molecule has 0 radical (unpaired) electrons. The first-order chi connectivity index (χ1) is 9.25. The fourth-order valence-corrected chi connectivity index (χ4v) is 2.48. The van der Waals surface area contributed by atoms with Gasteiger partial charge < -0.3 is 5.32 Å². The Balaban J connectivity index is 2.79. The maximum absolute atomic E-state index is 13.5. The topological polar surface area (TPSA) is 12.0 Å². The molecule has 114 valence electrons. The molecule has 0 aromatic heterocycles. The summed E-state index contributed by atoms with van der Waals surface area (Å²) in [6.45, 7) is 12.1. The molecule has 1 aromatic carbocycles. The van der Waals surface area contributed by atoms with Crippen molar-refractivity contribution in [3.63, 3.8) is 0 Å². The van der Waals surface area contributed by atoms with Gasteiger partial charge in [0, 0.05) is 6.04 Å². The summed E-state index contributed by atoms with van der Waals surface area (Å²) in [5.74, 6) is 0.252. The zero-order valence-electron chi connectivity index (χ0n) is 13.3. The summed E-state index contributed by atoms with van der Waals surface area (Å²) < 4.78 is 13.5. The normalized spacial score (nSPS) is 15.2. The zero-order chi connectivity index (χ0) is 15.3. The van der Waals surface area contributed by atoms with E-state index in [1.54, 1.807) is 6.07 Å². The molecule has 0 aliphatic heterocycles.